The number of para-hydroxylation sites is 2. The standard InChI is InChI=1S/C20H28N4O4.ClH/c1-5-28-19(25)18-16(21(2)20(26)22(18)3)14-23-10-12-24(13-11-23)15-8-6-7-9-17(15)27-4;/h6-9H,5,10-14H2,1-4H3;1H. The summed E-state index contributed by atoms with van der Waals surface area (Å²) in [5.74, 6) is 0.413. The number of esters is 1. The van der Waals surface area contributed by atoms with Crippen molar-refractivity contribution in [3.8, 4) is 5.75 Å². The fourth-order valence-corrected chi connectivity index (χ4v) is 3.67. The molecule has 1 aromatic carbocycles. The number of benzene rings is 1. The number of nitrogens with zero attached hydrogens (tertiary/aromatic N) is 4. The Morgan fingerprint density at radius 2 is 1.72 bits per heavy atom. The van der Waals surface area contributed by atoms with Crippen molar-refractivity contribution >= 4 is 24.1 Å². The van der Waals surface area contributed by atoms with E-state index in [1.54, 1.807) is 32.7 Å². The van der Waals surface area contributed by atoms with Crippen LogP contribution in [-0.2, 0) is 25.4 Å². The number of hydrogen-bond donors (Lipinski definition) is 0. The van der Waals surface area contributed by atoms with Crippen molar-refractivity contribution in [2.75, 3.05) is 44.8 Å². The van der Waals surface area contributed by atoms with Crippen LogP contribution >= 0.6 is 12.4 Å². The van der Waals surface area contributed by atoms with Crippen LogP contribution in [0.15, 0.2) is 29.1 Å². The van der Waals surface area contributed by atoms with Crippen molar-refractivity contribution in [2.24, 2.45) is 14.1 Å². The van der Waals surface area contributed by atoms with Gasteiger partial charge in [0.2, 0.25) is 0 Å². The second kappa shape index (κ2) is 9.84. The van der Waals surface area contributed by atoms with Gasteiger partial charge in [0.1, 0.15) is 5.75 Å². The summed E-state index contributed by atoms with van der Waals surface area (Å²) >= 11 is 0. The van der Waals surface area contributed by atoms with E-state index in [1.165, 1.54) is 4.57 Å². The fourth-order valence-electron chi connectivity index (χ4n) is 3.67. The number of halogens is 1. The molecular formula is C20H29ClN4O4. The van der Waals surface area contributed by atoms with Gasteiger partial charge < -0.3 is 14.4 Å². The number of ether oxygens (including phenoxy) is 2. The third kappa shape index (κ3) is 4.59. The highest BCUT2D eigenvalue weighted by atomic mass is 35.5. The first-order valence-electron chi connectivity index (χ1n) is 9.50. The highest BCUT2D eigenvalue weighted by molar-refractivity contribution is 5.89. The van der Waals surface area contributed by atoms with Gasteiger partial charge >= 0.3 is 11.7 Å². The molecule has 2 aromatic rings. The second-order valence-corrected chi connectivity index (χ2v) is 6.85. The Labute approximate surface area is 177 Å². The molecule has 1 aliphatic heterocycles. The van der Waals surface area contributed by atoms with Crippen molar-refractivity contribution in [1.29, 1.82) is 0 Å². The molecule has 0 aliphatic carbocycles. The van der Waals surface area contributed by atoms with Crippen LogP contribution in [-0.4, -0.2) is 59.9 Å². The van der Waals surface area contributed by atoms with Crippen LogP contribution in [0.25, 0.3) is 0 Å². The van der Waals surface area contributed by atoms with Crippen LogP contribution < -0.4 is 15.3 Å². The van der Waals surface area contributed by atoms with Gasteiger partial charge in [-0.05, 0) is 19.1 Å². The zero-order valence-electron chi connectivity index (χ0n) is 17.4. The monoisotopic (exact) mass is 424 g/mol. The number of imidazole rings is 1. The van der Waals surface area contributed by atoms with Gasteiger partial charge in [-0.2, -0.15) is 0 Å². The maximum Gasteiger partial charge on any atom is 0.356 e. The number of methoxy groups -OCH3 is 1. The van der Waals surface area contributed by atoms with Crippen molar-refractivity contribution in [3.63, 3.8) is 0 Å². The number of carbonyl (C=O) groups is 1. The predicted molar refractivity (Wildman–Crippen MR) is 114 cm³/mol. The summed E-state index contributed by atoms with van der Waals surface area (Å²) < 4.78 is 13.5. The molecule has 0 atom stereocenters. The third-order valence-corrected chi connectivity index (χ3v) is 5.23. The average Bonchev–Trinajstić information content (AvgIpc) is 2.92. The molecule has 0 radical (unpaired) electrons. The van der Waals surface area contributed by atoms with Gasteiger partial charge in [0.25, 0.3) is 0 Å². The van der Waals surface area contributed by atoms with Gasteiger partial charge in [0.15, 0.2) is 5.69 Å². The topological polar surface area (TPSA) is 68.9 Å². The summed E-state index contributed by atoms with van der Waals surface area (Å²) in [7, 11) is 4.99. The lowest BCUT2D eigenvalue weighted by atomic mass is 10.2. The summed E-state index contributed by atoms with van der Waals surface area (Å²) in [6.45, 7) is 5.90. The van der Waals surface area contributed by atoms with E-state index < -0.39 is 5.97 Å². The lowest BCUT2D eigenvalue weighted by molar-refractivity contribution is 0.0511. The van der Waals surface area contributed by atoms with E-state index in [1.807, 2.05) is 18.2 Å². The SMILES string of the molecule is CCOC(=O)c1c(CN2CCN(c3ccccc3OC)CC2)n(C)c(=O)n1C.Cl. The van der Waals surface area contributed by atoms with Crippen LogP contribution in [0.5, 0.6) is 5.75 Å². The summed E-state index contributed by atoms with van der Waals surface area (Å²) in [6, 6.07) is 8.00. The molecule has 3 rings (SSSR count). The van der Waals surface area contributed by atoms with Gasteiger partial charge in [-0.1, -0.05) is 12.1 Å². The number of aromatic nitrogens is 2. The van der Waals surface area contributed by atoms with E-state index in [9.17, 15) is 9.59 Å². The molecule has 8 nitrogen and oxygen atoms in total. The number of hydrogen-bond acceptors (Lipinski definition) is 6. The van der Waals surface area contributed by atoms with Gasteiger partial charge in [0.05, 0.1) is 25.1 Å². The molecule has 1 aliphatic rings. The lowest BCUT2D eigenvalue weighted by Crippen LogP contribution is -2.46. The average molecular weight is 425 g/mol. The highest BCUT2D eigenvalue weighted by Gasteiger charge is 2.26. The molecular weight excluding hydrogens is 396 g/mol. The molecule has 0 saturated carbocycles. The number of rotatable bonds is 6. The van der Waals surface area contributed by atoms with E-state index in [2.05, 4.69) is 15.9 Å². The van der Waals surface area contributed by atoms with Crippen LogP contribution in [0.4, 0.5) is 5.69 Å². The molecule has 0 amide bonds. The Hall–Kier alpha value is -2.45. The lowest BCUT2D eigenvalue weighted by Gasteiger charge is -2.36. The predicted octanol–water partition coefficient (Wildman–Crippen LogP) is 1.65. The maximum absolute atomic E-state index is 12.4. The quantitative estimate of drug-likeness (QED) is 0.657. The maximum atomic E-state index is 12.4. The number of anilines is 1. The van der Waals surface area contributed by atoms with E-state index in [0.29, 0.717) is 17.9 Å². The first-order valence-corrected chi connectivity index (χ1v) is 9.50. The zero-order valence-corrected chi connectivity index (χ0v) is 18.2. The summed E-state index contributed by atoms with van der Waals surface area (Å²) in [5, 5.41) is 0. The molecule has 2 heterocycles. The fraction of sp³-hybridized carbons (Fsp3) is 0.500. The summed E-state index contributed by atoms with van der Waals surface area (Å²) in [6.07, 6.45) is 0. The van der Waals surface area contributed by atoms with Gasteiger partial charge in [-0.25, -0.2) is 9.59 Å². The molecule has 0 spiro atoms. The second-order valence-electron chi connectivity index (χ2n) is 6.85. The van der Waals surface area contributed by atoms with Crippen LogP contribution in [0, 0.1) is 0 Å². The molecule has 1 aromatic heterocycles. The molecule has 0 N–H and O–H groups in total. The molecule has 9 heteroatoms. The minimum absolute atomic E-state index is 0. The molecule has 1 fully saturated rings. The molecule has 160 valence electrons. The Morgan fingerprint density at radius 1 is 1.07 bits per heavy atom. The van der Waals surface area contributed by atoms with Crippen molar-refractivity contribution in [2.45, 2.75) is 13.5 Å². The van der Waals surface area contributed by atoms with E-state index in [0.717, 1.165) is 37.6 Å². The van der Waals surface area contributed by atoms with Crippen molar-refractivity contribution < 1.29 is 14.3 Å². The van der Waals surface area contributed by atoms with E-state index in [4.69, 9.17) is 9.47 Å². The highest BCUT2D eigenvalue weighted by Crippen LogP contribution is 2.28. The molecule has 0 unspecified atom stereocenters. The van der Waals surface area contributed by atoms with Gasteiger partial charge in [0, 0.05) is 46.8 Å². The normalized spacial score (nSPS) is 14.4. The smallest absolute Gasteiger partial charge is 0.356 e. The number of carbonyl (C=O) groups excluding carboxylic acids is 1. The summed E-state index contributed by atoms with van der Waals surface area (Å²) in [5.41, 5.74) is 1.90. The Bertz CT molecular complexity index is 900. The van der Waals surface area contributed by atoms with E-state index >= 15 is 0 Å². The van der Waals surface area contributed by atoms with Crippen LogP contribution in [0.2, 0.25) is 0 Å². The third-order valence-electron chi connectivity index (χ3n) is 5.23. The van der Waals surface area contributed by atoms with E-state index in [-0.39, 0.29) is 24.7 Å². The Kier molecular flexibility index (Phi) is 7.75. The first-order chi connectivity index (χ1) is 13.5. The number of piperazine rings is 1. The summed E-state index contributed by atoms with van der Waals surface area (Å²) in [4.78, 5) is 29.3. The Morgan fingerprint density at radius 3 is 2.34 bits per heavy atom. The minimum atomic E-state index is -0.453. The molecule has 0 bridgehead atoms. The first kappa shape index (κ1) is 22.8. The van der Waals surface area contributed by atoms with Crippen LogP contribution in [0.3, 0.4) is 0 Å². The Balaban J connectivity index is 0.00000300. The molecule has 29 heavy (non-hydrogen) atoms. The van der Waals surface area contributed by atoms with Gasteiger partial charge in [-0.3, -0.25) is 14.0 Å². The molecule has 1 saturated heterocycles. The van der Waals surface area contributed by atoms with Crippen LogP contribution in [0.1, 0.15) is 23.1 Å². The van der Waals surface area contributed by atoms with Crippen molar-refractivity contribution in [3.05, 3.63) is 46.1 Å². The zero-order chi connectivity index (χ0) is 20.3. The largest absolute Gasteiger partial charge is 0.495 e. The van der Waals surface area contributed by atoms with Gasteiger partial charge in [-0.15, -0.1) is 12.4 Å². The minimum Gasteiger partial charge on any atom is -0.495 e. The van der Waals surface area contributed by atoms with Crippen molar-refractivity contribution in [1.82, 2.24) is 14.0 Å².